The highest BCUT2D eigenvalue weighted by Crippen LogP contribution is 2.38. The van der Waals surface area contributed by atoms with E-state index in [9.17, 15) is 18.0 Å². The molecule has 0 saturated carbocycles. The van der Waals surface area contributed by atoms with Crippen LogP contribution in [0.2, 0.25) is 0 Å². The predicted octanol–water partition coefficient (Wildman–Crippen LogP) is 1.44. The maximum Gasteiger partial charge on any atom is 0.389 e. The van der Waals surface area contributed by atoms with E-state index in [1.165, 1.54) is 0 Å². The summed E-state index contributed by atoms with van der Waals surface area (Å²) >= 11 is 0. The molecule has 0 bridgehead atoms. The highest BCUT2D eigenvalue weighted by atomic mass is 19.3. The zero-order valence-electron chi connectivity index (χ0n) is 7.21. The van der Waals surface area contributed by atoms with Gasteiger partial charge in [0.15, 0.2) is 5.78 Å². The summed E-state index contributed by atoms with van der Waals surface area (Å²) in [6.07, 6.45) is -6.66. The van der Waals surface area contributed by atoms with Gasteiger partial charge in [0.1, 0.15) is 0 Å². The Morgan fingerprint density at radius 3 is 2.71 bits per heavy atom. The highest BCUT2D eigenvalue weighted by Gasteiger charge is 2.60. The maximum atomic E-state index is 12.4. The lowest BCUT2D eigenvalue weighted by atomic mass is 10.2. The molecule has 1 heterocycles. The Morgan fingerprint density at radius 1 is 1.64 bits per heavy atom. The third-order valence-corrected chi connectivity index (χ3v) is 1.71. The second-order valence-corrected chi connectivity index (χ2v) is 2.74. The lowest BCUT2D eigenvalue weighted by Gasteiger charge is -2.38. The molecule has 1 saturated heterocycles. The number of ketones is 1. The van der Waals surface area contributed by atoms with E-state index >= 15 is 0 Å². The van der Waals surface area contributed by atoms with Crippen molar-refractivity contribution in [2.75, 3.05) is 6.61 Å². The van der Waals surface area contributed by atoms with Crippen LogP contribution in [0.25, 0.3) is 0 Å². The lowest BCUT2D eigenvalue weighted by Crippen LogP contribution is -2.58. The molecule has 2 unspecified atom stereocenters. The van der Waals surface area contributed by atoms with Crippen LogP contribution in [0.3, 0.4) is 0 Å². The molecule has 0 amide bonds. The molecule has 80 valence electrons. The minimum Gasteiger partial charge on any atom is -0.363 e. The zero-order valence-corrected chi connectivity index (χ0v) is 7.21. The molecule has 0 aliphatic carbocycles. The summed E-state index contributed by atoms with van der Waals surface area (Å²) in [5.74, 6) is -0.344. The van der Waals surface area contributed by atoms with Crippen LogP contribution >= 0.6 is 0 Å². The van der Waals surface area contributed by atoms with E-state index < -0.39 is 18.6 Å². The van der Waals surface area contributed by atoms with Crippen LogP contribution in [0.4, 0.5) is 13.2 Å². The molecule has 1 rings (SSSR count). The van der Waals surface area contributed by atoms with E-state index in [0.29, 0.717) is 0 Å². The topological polar surface area (TPSA) is 35.5 Å². The van der Waals surface area contributed by atoms with Crippen LogP contribution in [0.5, 0.6) is 0 Å². The monoisotopic (exact) mass is 210 g/mol. The number of alkyl halides is 3. The van der Waals surface area contributed by atoms with Gasteiger partial charge in [-0.25, -0.2) is 4.39 Å². The van der Waals surface area contributed by atoms with Crippen LogP contribution in [0, 0.1) is 0 Å². The standard InChI is InChI=1S/C8H9F3O3/c1-2-5(12)3-4-13-6-7(9)14-8(6,10)11/h2,6-7H,1,3-4H2. The second kappa shape index (κ2) is 4.10. The van der Waals surface area contributed by atoms with Gasteiger partial charge in [-0.3, -0.25) is 9.53 Å². The van der Waals surface area contributed by atoms with Crippen molar-refractivity contribution in [3.8, 4) is 0 Å². The first-order chi connectivity index (χ1) is 6.47. The number of carbonyl (C=O) groups is 1. The zero-order chi connectivity index (χ0) is 10.8. The van der Waals surface area contributed by atoms with Crippen molar-refractivity contribution >= 4 is 5.78 Å². The summed E-state index contributed by atoms with van der Waals surface area (Å²) in [6, 6.07) is 0. The molecular weight excluding hydrogens is 201 g/mol. The molecule has 0 aromatic carbocycles. The summed E-state index contributed by atoms with van der Waals surface area (Å²) in [5.41, 5.74) is 0. The van der Waals surface area contributed by atoms with Crippen molar-refractivity contribution in [3.05, 3.63) is 12.7 Å². The molecule has 0 aromatic rings. The third kappa shape index (κ3) is 2.33. The Morgan fingerprint density at radius 2 is 2.29 bits per heavy atom. The maximum absolute atomic E-state index is 12.4. The minimum atomic E-state index is -3.59. The van der Waals surface area contributed by atoms with Crippen molar-refractivity contribution in [1.82, 2.24) is 0 Å². The van der Waals surface area contributed by atoms with Crippen molar-refractivity contribution in [2.24, 2.45) is 0 Å². The molecule has 0 radical (unpaired) electrons. The average molecular weight is 210 g/mol. The number of halogens is 3. The van der Waals surface area contributed by atoms with Gasteiger partial charge in [0.25, 0.3) is 0 Å². The van der Waals surface area contributed by atoms with Gasteiger partial charge in [-0.05, 0) is 6.08 Å². The Balaban J connectivity index is 2.24. The van der Waals surface area contributed by atoms with Gasteiger partial charge in [-0.15, -0.1) is 0 Å². The molecule has 1 aliphatic heterocycles. The summed E-state index contributed by atoms with van der Waals surface area (Å²) in [7, 11) is 0. The molecule has 6 heteroatoms. The van der Waals surface area contributed by atoms with Crippen LogP contribution in [0.1, 0.15) is 6.42 Å². The van der Waals surface area contributed by atoms with Crippen LogP contribution < -0.4 is 0 Å². The van der Waals surface area contributed by atoms with Crippen LogP contribution in [0.15, 0.2) is 12.7 Å². The number of hydrogen-bond donors (Lipinski definition) is 0. The SMILES string of the molecule is C=CC(=O)CCOC1C(F)OC1(F)F. The first kappa shape index (κ1) is 11.2. The van der Waals surface area contributed by atoms with E-state index in [0.717, 1.165) is 6.08 Å². The van der Waals surface area contributed by atoms with Crippen LogP contribution in [-0.2, 0) is 14.3 Å². The average Bonchev–Trinajstić information content (AvgIpc) is 2.10. The van der Waals surface area contributed by atoms with Crippen molar-refractivity contribution in [3.63, 3.8) is 0 Å². The van der Waals surface area contributed by atoms with Gasteiger partial charge in [0.05, 0.1) is 6.61 Å². The minimum absolute atomic E-state index is 0.0944. The van der Waals surface area contributed by atoms with E-state index in [4.69, 9.17) is 0 Å². The quantitative estimate of drug-likeness (QED) is 0.644. The number of rotatable bonds is 5. The molecular formula is C8H9F3O3. The summed E-state index contributed by atoms with van der Waals surface area (Å²) in [6.45, 7) is 2.92. The van der Waals surface area contributed by atoms with E-state index in [2.05, 4.69) is 16.1 Å². The van der Waals surface area contributed by atoms with E-state index in [1.54, 1.807) is 0 Å². The first-order valence-corrected chi connectivity index (χ1v) is 3.94. The van der Waals surface area contributed by atoms with Crippen molar-refractivity contribution < 1.29 is 27.4 Å². The van der Waals surface area contributed by atoms with Gasteiger partial charge < -0.3 is 4.74 Å². The largest absolute Gasteiger partial charge is 0.389 e. The van der Waals surface area contributed by atoms with Gasteiger partial charge in [-0.2, -0.15) is 8.78 Å². The summed E-state index contributed by atoms with van der Waals surface area (Å²) in [4.78, 5) is 10.6. The molecule has 0 aromatic heterocycles. The molecule has 2 atom stereocenters. The van der Waals surface area contributed by atoms with Gasteiger partial charge in [0.2, 0.25) is 12.5 Å². The molecule has 1 fully saturated rings. The third-order valence-electron chi connectivity index (χ3n) is 1.71. The van der Waals surface area contributed by atoms with E-state index in [-0.39, 0.29) is 18.8 Å². The normalized spacial score (nSPS) is 29.4. The van der Waals surface area contributed by atoms with Crippen molar-refractivity contribution in [2.45, 2.75) is 25.0 Å². The number of hydrogen-bond acceptors (Lipinski definition) is 3. The number of allylic oxidation sites excluding steroid dienone is 1. The van der Waals surface area contributed by atoms with Gasteiger partial charge in [0, 0.05) is 6.42 Å². The smallest absolute Gasteiger partial charge is 0.363 e. The molecule has 14 heavy (non-hydrogen) atoms. The Bertz CT molecular complexity index is 242. The fraction of sp³-hybridized carbons (Fsp3) is 0.625. The van der Waals surface area contributed by atoms with Crippen LogP contribution in [-0.4, -0.2) is 31.0 Å². The number of carbonyl (C=O) groups excluding carboxylic acids is 1. The molecule has 0 spiro atoms. The highest BCUT2D eigenvalue weighted by molar-refractivity contribution is 5.89. The van der Waals surface area contributed by atoms with Gasteiger partial charge >= 0.3 is 6.11 Å². The fourth-order valence-electron chi connectivity index (χ4n) is 0.920. The summed E-state index contributed by atoms with van der Waals surface area (Å²) in [5, 5.41) is 0. The number of ether oxygens (including phenoxy) is 2. The lowest BCUT2D eigenvalue weighted by molar-refractivity contribution is -0.445. The second-order valence-electron chi connectivity index (χ2n) is 2.74. The molecule has 0 N–H and O–H groups in total. The van der Waals surface area contributed by atoms with Gasteiger partial charge in [-0.1, -0.05) is 6.58 Å². The van der Waals surface area contributed by atoms with Crippen molar-refractivity contribution in [1.29, 1.82) is 0 Å². The molecule has 3 nitrogen and oxygen atoms in total. The first-order valence-electron chi connectivity index (χ1n) is 3.94. The predicted molar refractivity (Wildman–Crippen MR) is 40.5 cm³/mol. The Hall–Kier alpha value is -0.880. The Labute approximate surface area is 78.5 Å². The Kier molecular flexibility index (Phi) is 3.28. The summed E-state index contributed by atoms with van der Waals surface area (Å²) < 4.78 is 45.0. The van der Waals surface area contributed by atoms with E-state index in [1.807, 2.05) is 0 Å². The fourth-order valence-corrected chi connectivity index (χ4v) is 0.920. The molecule has 1 aliphatic rings.